The summed E-state index contributed by atoms with van der Waals surface area (Å²) >= 11 is 0. The van der Waals surface area contributed by atoms with Crippen molar-refractivity contribution < 1.29 is 29.5 Å². The Morgan fingerprint density at radius 1 is 1.08 bits per heavy atom. The quantitative estimate of drug-likeness (QED) is 0.147. The van der Waals surface area contributed by atoms with E-state index in [4.69, 9.17) is 15.9 Å². The molecule has 0 fully saturated rings. The van der Waals surface area contributed by atoms with Gasteiger partial charge >= 0.3 is 11.9 Å². The number of carboxylic acids is 2. The highest BCUT2D eigenvalue weighted by molar-refractivity contribution is 5.91. The molecule has 2 aromatic carbocycles. The minimum atomic E-state index is -1.22. The molecule has 15 heteroatoms. The second-order valence-electron chi connectivity index (χ2n) is 7.04. The smallest absolute Gasteiger partial charge is 0.320 e. The molecule has 0 bridgehead atoms. The van der Waals surface area contributed by atoms with Gasteiger partial charge in [0, 0.05) is 30.7 Å². The van der Waals surface area contributed by atoms with Crippen LogP contribution in [-0.2, 0) is 20.8 Å². The van der Waals surface area contributed by atoms with Crippen LogP contribution in [0.15, 0.2) is 46.6 Å². The molecule has 0 saturated carbocycles. The zero-order valence-corrected chi connectivity index (χ0v) is 19.1. The third-order valence-electron chi connectivity index (χ3n) is 4.55. The monoisotopic (exact) mass is 502 g/mol. The first-order chi connectivity index (χ1) is 16.1. The van der Waals surface area contributed by atoms with Crippen LogP contribution >= 0.6 is 0 Å². The molecule has 2 aromatic rings. The fraction of sp³-hybridized carbons (Fsp3) is 0.238. The number of anilines is 1. The highest BCUT2D eigenvalue weighted by Crippen LogP contribution is 2.29. The Balaban J connectivity index is 0.00000612. The van der Waals surface area contributed by atoms with Crippen LogP contribution in [0.5, 0.6) is 0 Å². The van der Waals surface area contributed by atoms with Crippen LogP contribution < -0.4 is 23.4 Å². The molecule has 0 spiro atoms. The topological polar surface area (TPSA) is 291 Å². The third-order valence-corrected chi connectivity index (χ3v) is 4.55. The van der Waals surface area contributed by atoms with Crippen molar-refractivity contribution in [1.82, 2.24) is 12.3 Å². The fourth-order valence-electron chi connectivity index (χ4n) is 2.76. The number of hydrogen-bond acceptors (Lipinski definition) is 11. The SMILES string of the molecule is N.N.N#Cc1cc([N+](=O)[O-])ccc1/N=N/c1ccc(NC(=O)CCC(N)C(=O)O)cc1CCC(=O)O. The van der Waals surface area contributed by atoms with Gasteiger partial charge in [0.2, 0.25) is 5.91 Å². The number of azo groups is 1. The molecule has 0 heterocycles. The number of rotatable bonds is 11. The highest BCUT2D eigenvalue weighted by atomic mass is 16.6. The number of non-ortho nitro benzene ring substituents is 1. The van der Waals surface area contributed by atoms with E-state index in [1.54, 1.807) is 0 Å². The second-order valence-corrected chi connectivity index (χ2v) is 7.04. The van der Waals surface area contributed by atoms with E-state index in [2.05, 4.69) is 15.5 Å². The first-order valence-electron chi connectivity index (χ1n) is 9.84. The number of carboxylic acid groups (broad SMARTS) is 2. The van der Waals surface area contributed by atoms with Crippen LogP contribution in [0.1, 0.15) is 30.4 Å². The molecule has 36 heavy (non-hydrogen) atoms. The Hall–Kier alpha value is -4.78. The molecule has 1 amide bonds. The summed E-state index contributed by atoms with van der Waals surface area (Å²) in [6, 6.07) is 8.64. The number of nitro groups is 1. The highest BCUT2D eigenvalue weighted by Gasteiger charge is 2.15. The minimum Gasteiger partial charge on any atom is -0.481 e. The number of nitrogens with zero attached hydrogens (tertiary/aromatic N) is 4. The van der Waals surface area contributed by atoms with E-state index in [1.165, 1.54) is 30.3 Å². The maximum absolute atomic E-state index is 12.1. The summed E-state index contributed by atoms with van der Waals surface area (Å²) in [6.45, 7) is 0. The zero-order chi connectivity index (χ0) is 25.3. The number of aliphatic carboxylic acids is 2. The summed E-state index contributed by atoms with van der Waals surface area (Å²) in [7, 11) is 0. The van der Waals surface area contributed by atoms with Gasteiger partial charge in [-0.25, -0.2) is 0 Å². The van der Waals surface area contributed by atoms with Crippen molar-refractivity contribution >= 4 is 40.6 Å². The standard InChI is InChI=1S/C21H20N6O7.2H3N/c22-11-13-10-15(27(33)34)3-6-18(13)26-25-17-5-2-14(9-12(17)1-8-20(29)30)24-19(28)7-4-16(23)21(31)32;;/h2-3,5-6,9-10,16H,1,4,7-8,23H2,(H,24,28)(H,29,30)(H,31,32);2*1H3/b26-25+;;. The number of carbonyl (C=O) groups is 3. The largest absolute Gasteiger partial charge is 0.481 e. The lowest BCUT2D eigenvalue weighted by Gasteiger charge is -2.10. The number of hydrogen-bond donors (Lipinski definition) is 6. The van der Waals surface area contributed by atoms with E-state index in [1.807, 2.05) is 6.07 Å². The molecule has 11 N–H and O–H groups in total. The summed E-state index contributed by atoms with van der Waals surface area (Å²) < 4.78 is 0. The van der Waals surface area contributed by atoms with Crippen LogP contribution in [-0.4, -0.2) is 39.0 Å². The normalized spacial score (nSPS) is 10.9. The van der Waals surface area contributed by atoms with Gasteiger partial charge < -0.3 is 33.6 Å². The number of nitrogens with one attached hydrogen (secondary N) is 1. The van der Waals surface area contributed by atoms with E-state index >= 15 is 0 Å². The van der Waals surface area contributed by atoms with E-state index in [-0.39, 0.29) is 60.6 Å². The number of nitriles is 1. The van der Waals surface area contributed by atoms with E-state index in [9.17, 15) is 29.8 Å². The van der Waals surface area contributed by atoms with Crippen LogP contribution in [0.2, 0.25) is 0 Å². The van der Waals surface area contributed by atoms with Gasteiger partial charge in [-0.1, -0.05) is 0 Å². The Morgan fingerprint density at radius 3 is 2.31 bits per heavy atom. The molecule has 0 saturated heterocycles. The molecule has 0 aliphatic carbocycles. The maximum atomic E-state index is 12.1. The molecule has 0 aliphatic rings. The van der Waals surface area contributed by atoms with E-state index in [0.29, 0.717) is 11.3 Å². The Morgan fingerprint density at radius 2 is 1.72 bits per heavy atom. The number of benzene rings is 2. The van der Waals surface area contributed by atoms with Gasteiger partial charge in [-0.15, -0.1) is 5.11 Å². The molecule has 192 valence electrons. The van der Waals surface area contributed by atoms with Crippen molar-refractivity contribution in [3.05, 3.63) is 57.6 Å². The maximum Gasteiger partial charge on any atom is 0.320 e. The van der Waals surface area contributed by atoms with Gasteiger partial charge in [-0.2, -0.15) is 10.4 Å². The van der Waals surface area contributed by atoms with Gasteiger partial charge in [-0.05, 0) is 42.7 Å². The third kappa shape index (κ3) is 9.23. The van der Waals surface area contributed by atoms with Gasteiger partial charge in [-0.3, -0.25) is 24.5 Å². The summed E-state index contributed by atoms with van der Waals surface area (Å²) in [5.41, 5.74) is 6.18. The van der Waals surface area contributed by atoms with Crippen LogP contribution in [0.3, 0.4) is 0 Å². The van der Waals surface area contributed by atoms with Crippen LogP contribution in [0, 0.1) is 21.4 Å². The predicted octanol–water partition coefficient (Wildman–Crippen LogP) is 3.35. The molecule has 1 unspecified atom stereocenters. The lowest BCUT2D eigenvalue weighted by Crippen LogP contribution is -2.31. The van der Waals surface area contributed by atoms with Gasteiger partial charge in [0.1, 0.15) is 17.8 Å². The summed E-state index contributed by atoms with van der Waals surface area (Å²) in [6.07, 6.45) is -0.358. The van der Waals surface area contributed by atoms with Crippen molar-refractivity contribution in [2.24, 2.45) is 16.0 Å². The molecule has 15 nitrogen and oxygen atoms in total. The lowest BCUT2D eigenvalue weighted by atomic mass is 10.1. The number of nitrogens with two attached hydrogens (primary N) is 1. The number of amides is 1. The Labute approximate surface area is 204 Å². The van der Waals surface area contributed by atoms with Crippen molar-refractivity contribution in [2.75, 3.05) is 5.32 Å². The van der Waals surface area contributed by atoms with Crippen molar-refractivity contribution in [3.8, 4) is 6.07 Å². The average Bonchev–Trinajstić information content (AvgIpc) is 2.80. The lowest BCUT2D eigenvalue weighted by molar-refractivity contribution is -0.384. The van der Waals surface area contributed by atoms with Crippen molar-refractivity contribution in [3.63, 3.8) is 0 Å². The summed E-state index contributed by atoms with van der Waals surface area (Å²) in [5.74, 6) is -2.74. The molecule has 0 aromatic heterocycles. The van der Waals surface area contributed by atoms with E-state index in [0.717, 1.165) is 6.07 Å². The van der Waals surface area contributed by atoms with Crippen LogP contribution in [0.4, 0.5) is 22.7 Å². The molecular weight excluding hydrogens is 476 g/mol. The first kappa shape index (κ1) is 31.2. The zero-order valence-electron chi connectivity index (χ0n) is 19.1. The summed E-state index contributed by atoms with van der Waals surface area (Å²) in [4.78, 5) is 44.1. The molecule has 1 atom stereocenters. The molecule has 0 radical (unpaired) electrons. The fourth-order valence-corrected chi connectivity index (χ4v) is 2.76. The Kier molecular flexibility index (Phi) is 12.6. The Bertz CT molecular complexity index is 1190. The first-order valence-corrected chi connectivity index (χ1v) is 9.84. The predicted molar refractivity (Wildman–Crippen MR) is 128 cm³/mol. The van der Waals surface area contributed by atoms with Gasteiger partial charge in [0.05, 0.1) is 16.2 Å². The summed E-state index contributed by atoms with van der Waals surface area (Å²) in [5, 5.41) is 48.5. The second kappa shape index (κ2) is 14.5. The minimum absolute atomic E-state index is 0. The van der Waals surface area contributed by atoms with E-state index < -0.39 is 28.8 Å². The number of nitro benzene ring substituents is 1. The van der Waals surface area contributed by atoms with Crippen LogP contribution in [0.25, 0.3) is 0 Å². The molecular formula is C21H26N8O7. The molecule has 0 aliphatic heterocycles. The molecule has 2 rings (SSSR count). The number of aryl methyl sites for hydroxylation is 1. The number of carbonyl (C=O) groups excluding carboxylic acids is 1. The van der Waals surface area contributed by atoms with Gasteiger partial charge in [0.25, 0.3) is 5.69 Å². The van der Waals surface area contributed by atoms with Crippen molar-refractivity contribution in [1.29, 1.82) is 5.26 Å². The average molecular weight is 502 g/mol. The van der Waals surface area contributed by atoms with Crippen molar-refractivity contribution in [2.45, 2.75) is 31.7 Å². The van der Waals surface area contributed by atoms with Gasteiger partial charge in [0.15, 0.2) is 0 Å².